The molecule has 0 saturated heterocycles. The maximum absolute atomic E-state index is 11.8. The zero-order valence-corrected chi connectivity index (χ0v) is 12.1. The average molecular weight is 293 g/mol. The minimum atomic E-state index is -0.204. The van der Waals surface area contributed by atoms with E-state index in [4.69, 9.17) is 9.15 Å². The lowest BCUT2D eigenvalue weighted by molar-refractivity contribution is -0.111. The first-order chi connectivity index (χ1) is 10.7. The highest BCUT2D eigenvalue weighted by Crippen LogP contribution is 2.24. The summed E-state index contributed by atoms with van der Waals surface area (Å²) < 4.78 is 10.8. The molecule has 3 rings (SSSR count). The van der Waals surface area contributed by atoms with E-state index >= 15 is 0 Å². The predicted octanol–water partition coefficient (Wildman–Crippen LogP) is 4.09. The van der Waals surface area contributed by atoms with Crippen LogP contribution in [0.1, 0.15) is 5.76 Å². The minimum absolute atomic E-state index is 0.204. The molecule has 1 N–H and O–H groups in total. The first-order valence-corrected chi connectivity index (χ1v) is 6.86. The zero-order valence-electron chi connectivity index (χ0n) is 12.1. The lowest BCUT2D eigenvalue weighted by Gasteiger charge is -1.99. The average Bonchev–Trinajstić information content (AvgIpc) is 2.95. The Morgan fingerprint density at radius 3 is 2.73 bits per heavy atom. The van der Waals surface area contributed by atoms with Crippen molar-refractivity contribution in [2.75, 3.05) is 12.4 Å². The first-order valence-electron chi connectivity index (χ1n) is 6.86. The van der Waals surface area contributed by atoms with Crippen LogP contribution in [-0.4, -0.2) is 13.0 Å². The lowest BCUT2D eigenvalue weighted by atomic mass is 10.2. The normalized spacial score (nSPS) is 11.0. The van der Waals surface area contributed by atoms with Crippen molar-refractivity contribution in [2.45, 2.75) is 0 Å². The third-order valence-corrected chi connectivity index (χ3v) is 3.18. The minimum Gasteiger partial charge on any atom is -0.497 e. The van der Waals surface area contributed by atoms with Gasteiger partial charge in [0.05, 0.1) is 7.11 Å². The van der Waals surface area contributed by atoms with Gasteiger partial charge in [-0.3, -0.25) is 4.79 Å². The Bertz CT molecular complexity index is 819. The number of fused-ring (bicyclic) bond motifs is 1. The number of anilines is 1. The van der Waals surface area contributed by atoms with Gasteiger partial charge in [0.1, 0.15) is 17.1 Å². The quantitative estimate of drug-likeness (QED) is 0.737. The number of carbonyl (C=O) groups excluding carboxylic acids is 1. The molecule has 0 saturated carbocycles. The summed E-state index contributed by atoms with van der Waals surface area (Å²) in [5, 5.41) is 3.71. The van der Waals surface area contributed by atoms with Crippen molar-refractivity contribution in [3.8, 4) is 5.75 Å². The highest BCUT2D eigenvalue weighted by Gasteiger charge is 2.03. The molecule has 0 unspecified atom stereocenters. The van der Waals surface area contributed by atoms with Crippen LogP contribution in [0, 0.1) is 0 Å². The molecule has 4 heteroatoms. The van der Waals surface area contributed by atoms with Crippen molar-refractivity contribution in [3.63, 3.8) is 0 Å². The number of hydrogen-bond donors (Lipinski definition) is 1. The number of ether oxygens (including phenoxy) is 1. The van der Waals surface area contributed by atoms with Gasteiger partial charge < -0.3 is 14.5 Å². The Morgan fingerprint density at radius 2 is 1.95 bits per heavy atom. The maximum Gasteiger partial charge on any atom is 0.248 e. The maximum atomic E-state index is 11.8. The van der Waals surface area contributed by atoms with Gasteiger partial charge in [0.2, 0.25) is 5.91 Å². The summed E-state index contributed by atoms with van der Waals surface area (Å²) in [6.45, 7) is 0. The molecule has 3 aromatic rings. The van der Waals surface area contributed by atoms with E-state index in [-0.39, 0.29) is 5.91 Å². The van der Waals surface area contributed by atoms with Crippen LogP contribution in [0.2, 0.25) is 0 Å². The summed E-state index contributed by atoms with van der Waals surface area (Å²) >= 11 is 0. The molecule has 0 aliphatic heterocycles. The lowest BCUT2D eigenvalue weighted by Crippen LogP contribution is -2.07. The highest BCUT2D eigenvalue weighted by atomic mass is 16.5. The molecule has 0 spiro atoms. The van der Waals surface area contributed by atoms with Crippen LogP contribution in [-0.2, 0) is 4.79 Å². The fourth-order valence-corrected chi connectivity index (χ4v) is 2.11. The second-order valence-electron chi connectivity index (χ2n) is 4.74. The van der Waals surface area contributed by atoms with E-state index in [9.17, 15) is 4.79 Å². The Hall–Kier alpha value is -3.01. The standard InChI is InChI=1S/C18H15NO3/c1-21-15-7-9-17-13(11-15)12-16(22-17)8-10-18(20)19-14-5-3-2-4-6-14/h2-12H,1H3,(H,19,20). The summed E-state index contributed by atoms with van der Waals surface area (Å²) in [4.78, 5) is 11.8. The van der Waals surface area contributed by atoms with Gasteiger partial charge in [-0.25, -0.2) is 0 Å². The third-order valence-electron chi connectivity index (χ3n) is 3.18. The number of para-hydroxylation sites is 1. The van der Waals surface area contributed by atoms with Crippen LogP contribution in [0.15, 0.2) is 65.1 Å². The monoisotopic (exact) mass is 293 g/mol. The molecule has 0 fully saturated rings. The van der Waals surface area contributed by atoms with Gasteiger partial charge in [-0.15, -0.1) is 0 Å². The van der Waals surface area contributed by atoms with Crippen LogP contribution in [0.4, 0.5) is 5.69 Å². The van der Waals surface area contributed by atoms with E-state index in [1.54, 1.807) is 13.2 Å². The molecule has 0 radical (unpaired) electrons. The number of benzene rings is 2. The van der Waals surface area contributed by atoms with Gasteiger partial charge in [-0.2, -0.15) is 0 Å². The second kappa shape index (κ2) is 6.18. The third kappa shape index (κ3) is 3.17. The molecule has 110 valence electrons. The molecular weight excluding hydrogens is 278 g/mol. The van der Waals surface area contributed by atoms with Crippen LogP contribution in [0.3, 0.4) is 0 Å². The van der Waals surface area contributed by atoms with E-state index in [2.05, 4.69) is 5.32 Å². The molecule has 0 aliphatic carbocycles. The highest BCUT2D eigenvalue weighted by molar-refractivity contribution is 6.02. The number of hydrogen-bond acceptors (Lipinski definition) is 3. The SMILES string of the molecule is COc1ccc2oc(C=CC(=O)Nc3ccccc3)cc2c1. The summed E-state index contributed by atoms with van der Waals surface area (Å²) in [5.41, 5.74) is 1.51. The van der Waals surface area contributed by atoms with E-state index in [0.29, 0.717) is 5.76 Å². The first kappa shape index (κ1) is 13.9. The van der Waals surface area contributed by atoms with Crippen molar-refractivity contribution in [1.82, 2.24) is 0 Å². The van der Waals surface area contributed by atoms with E-state index in [1.165, 1.54) is 6.08 Å². The van der Waals surface area contributed by atoms with Gasteiger partial charge in [0.25, 0.3) is 0 Å². The second-order valence-corrected chi connectivity index (χ2v) is 4.74. The molecular formula is C18H15NO3. The van der Waals surface area contributed by atoms with E-state index in [0.717, 1.165) is 22.4 Å². The molecule has 1 heterocycles. The zero-order chi connectivity index (χ0) is 15.4. The van der Waals surface area contributed by atoms with Crippen molar-refractivity contribution in [3.05, 3.63) is 66.4 Å². The number of nitrogens with one attached hydrogen (secondary N) is 1. The topological polar surface area (TPSA) is 51.5 Å². The molecule has 1 amide bonds. The van der Waals surface area contributed by atoms with Crippen LogP contribution in [0.5, 0.6) is 5.75 Å². The smallest absolute Gasteiger partial charge is 0.248 e. The van der Waals surface area contributed by atoms with Crippen molar-refractivity contribution < 1.29 is 13.9 Å². The summed E-state index contributed by atoms with van der Waals surface area (Å²) in [6.07, 6.45) is 3.09. The van der Waals surface area contributed by atoms with Gasteiger partial charge in [0.15, 0.2) is 0 Å². The Balaban J connectivity index is 1.73. The summed E-state index contributed by atoms with van der Waals surface area (Å²) in [6, 6.07) is 16.7. The van der Waals surface area contributed by atoms with Crippen LogP contribution in [0.25, 0.3) is 17.0 Å². The largest absolute Gasteiger partial charge is 0.497 e. The number of furan rings is 1. The number of carbonyl (C=O) groups is 1. The number of amides is 1. The van der Waals surface area contributed by atoms with E-state index in [1.807, 2.05) is 54.6 Å². The summed E-state index contributed by atoms with van der Waals surface area (Å²) in [7, 11) is 1.62. The Labute approximate surface area is 128 Å². The predicted molar refractivity (Wildman–Crippen MR) is 86.9 cm³/mol. The van der Waals surface area contributed by atoms with Crippen molar-refractivity contribution in [1.29, 1.82) is 0 Å². The van der Waals surface area contributed by atoms with Crippen molar-refractivity contribution in [2.24, 2.45) is 0 Å². The molecule has 0 aliphatic rings. The number of methoxy groups -OCH3 is 1. The molecule has 4 nitrogen and oxygen atoms in total. The van der Waals surface area contributed by atoms with Crippen LogP contribution < -0.4 is 10.1 Å². The van der Waals surface area contributed by atoms with Gasteiger partial charge in [-0.05, 0) is 42.5 Å². The summed E-state index contributed by atoms with van der Waals surface area (Å²) in [5.74, 6) is 1.18. The molecule has 22 heavy (non-hydrogen) atoms. The molecule has 0 bridgehead atoms. The van der Waals surface area contributed by atoms with Gasteiger partial charge in [-0.1, -0.05) is 18.2 Å². The fourth-order valence-electron chi connectivity index (χ4n) is 2.11. The van der Waals surface area contributed by atoms with Crippen molar-refractivity contribution >= 4 is 28.6 Å². The molecule has 0 atom stereocenters. The Morgan fingerprint density at radius 1 is 1.14 bits per heavy atom. The molecule has 2 aromatic carbocycles. The fraction of sp³-hybridized carbons (Fsp3) is 0.0556. The van der Waals surface area contributed by atoms with Gasteiger partial charge >= 0.3 is 0 Å². The Kier molecular flexibility index (Phi) is 3.92. The van der Waals surface area contributed by atoms with Crippen LogP contribution >= 0.6 is 0 Å². The number of rotatable bonds is 4. The van der Waals surface area contributed by atoms with Gasteiger partial charge in [0, 0.05) is 17.1 Å². The molecule has 1 aromatic heterocycles. The van der Waals surface area contributed by atoms with E-state index < -0.39 is 0 Å².